The van der Waals surface area contributed by atoms with Crippen LogP contribution in [-0.2, 0) is 24.3 Å². The molecule has 2 fully saturated rings. The van der Waals surface area contributed by atoms with Crippen LogP contribution in [0.3, 0.4) is 0 Å². The second-order valence-electron chi connectivity index (χ2n) is 5.99. The lowest BCUT2D eigenvalue weighted by atomic mass is 10.2. The number of hydrogen-bond donors (Lipinski definition) is 1. The van der Waals surface area contributed by atoms with Crippen LogP contribution in [0.2, 0.25) is 0 Å². The molecular formula is C16H22N2O5S. The largest absolute Gasteiger partial charge is 0.379 e. The third kappa shape index (κ3) is 3.61. The number of carbonyl (C=O) groups excluding carboxylic acids is 1. The Balaban J connectivity index is 1.81. The minimum atomic E-state index is -3.60. The summed E-state index contributed by atoms with van der Waals surface area (Å²) < 4.78 is 37.7. The van der Waals surface area contributed by atoms with Crippen LogP contribution in [-0.4, -0.2) is 57.6 Å². The zero-order valence-electron chi connectivity index (χ0n) is 13.7. The van der Waals surface area contributed by atoms with Gasteiger partial charge in [0.2, 0.25) is 10.0 Å². The number of hydrogen-bond acceptors (Lipinski definition) is 5. The molecule has 132 valence electrons. The van der Waals surface area contributed by atoms with Crippen LogP contribution in [0.5, 0.6) is 0 Å². The first-order chi connectivity index (χ1) is 11.5. The minimum Gasteiger partial charge on any atom is -0.379 e. The molecule has 1 atom stereocenters. The molecule has 0 unspecified atom stereocenters. The highest BCUT2D eigenvalue weighted by atomic mass is 32.2. The molecule has 1 N–H and O–H groups in total. The Morgan fingerprint density at radius 2 is 2.00 bits per heavy atom. The summed E-state index contributed by atoms with van der Waals surface area (Å²) in [6.45, 7) is 3.81. The van der Waals surface area contributed by atoms with Crippen LogP contribution in [0.25, 0.3) is 0 Å². The highest BCUT2D eigenvalue weighted by Gasteiger charge is 2.29. The Morgan fingerprint density at radius 1 is 1.25 bits per heavy atom. The fraction of sp³-hybridized carbons (Fsp3) is 0.562. The standard InChI is InChI=1S/C16H22N2O5S/c1-12-4-5-13(17-16(19)14-3-2-8-23-14)11-15(12)24(20,21)18-6-9-22-10-7-18/h4-5,11,14H,2-3,6-10H2,1H3,(H,17,19)/t14-/m1/s1. The average molecular weight is 354 g/mol. The van der Waals surface area contributed by atoms with Gasteiger partial charge in [0.25, 0.3) is 5.91 Å². The van der Waals surface area contributed by atoms with Gasteiger partial charge in [-0.15, -0.1) is 0 Å². The van der Waals surface area contributed by atoms with E-state index in [9.17, 15) is 13.2 Å². The van der Waals surface area contributed by atoms with E-state index in [4.69, 9.17) is 9.47 Å². The topological polar surface area (TPSA) is 84.9 Å². The van der Waals surface area contributed by atoms with E-state index in [0.29, 0.717) is 50.6 Å². The first-order valence-corrected chi connectivity index (χ1v) is 9.53. The zero-order chi connectivity index (χ0) is 17.2. The van der Waals surface area contributed by atoms with Gasteiger partial charge in [0.1, 0.15) is 6.10 Å². The molecule has 2 aliphatic heterocycles. The third-order valence-electron chi connectivity index (χ3n) is 4.27. The van der Waals surface area contributed by atoms with Gasteiger partial charge < -0.3 is 14.8 Å². The molecule has 0 bridgehead atoms. The van der Waals surface area contributed by atoms with E-state index >= 15 is 0 Å². The number of anilines is 1. The van der Waals surface area contributed by atoms with Gasteiger partial charge in [-0.25, -0.2) is 8.42 Å². The molecule has 24 heavy (non-hydrogen) atoms. The molecule has 0 aliphatic carbocycles. The van der Waals surface area contributed by atoms with Gasteiger partial charge in [-0.3, -0.25) is 4.79 Å². The van der Waals surface area contributed by atoms with Crippen molar-refractivity contribution in [2.75, 3.05) is 38.2 Å². The Morgan fingerprint density at radius 3 is 2.67 bits per heavy atom. The summed E-state index contributed by atoms with van der Waals surface area (Å²) in [7, 11) is -3.60. The van der Waals surface area contributed by atoms with Crippen molar-refractivity contribution in [3.05, 3.63) is 23.8 Å². The summed E-state index contributed by atoms with van der Waals surface area (Å²) in [5.74, 6) is -0.230. The maximum absolute atomic E-state index is 12.8. The second kappa shape index (κ2) is 7.18. The molecule has 2 saturated heterocycles. The quantitative estimate of drug-likeness (QED) is 0.876. The van der Waals surface area contributed by atoms with Crippen molar-refractivity contribution in [2.45, 2.75) is 30.8 Å². The lowest BCUT2D eigenvalue weighted by molar-refractivity contribution is -0.124. The van der Waals surface area contributed by atoms with Crippen molar-refractivity contribution in [3.63, 3.8) is 0 Å². The summed E-state index contributed by atoms with van der Waals surface area (Å²) in [5, 5.41) is 2.75. The zero-order valence-corrected chi connectivity index (χ0v) is 14.5. The number of rotatable bonds is 4. The van der Waals surface area contributed by atoms with Crippen LogP contribution in [0.1, 0.15) is 18.4 Å². The van der Waals surface area contributed by atoms with Gasteiger partial charge in [0.15, 0.2) is 0 Å². The van der Waals surface area contributed by atoms with E-state index in [1.54, 1.807) is 19.1 Å². The Bertz CT molecular complexity index is 707. The molecule has 8 heteroatoms. The lowest BCUT2D eigenvalue weighted by Crippen LogP contribution is -2.40. The Hall–Kier alpha value is -1.48. The summed E-state index contributed by atoms with van der Waals surface area (Å²) >= 11 is 0. The fourth-order valence-electron chi connectivity index (χ4n) is 2.89. The number of morpholine rings is 1. The van der Waals surface area contributed by atoms with E-state index in [1.807, 2.05) is 0 Å². The van der Waals surface area contributed by atoms with Gasteiger partial charge in [0.05, 0.1) is 18.1 Å². The number of nitrogens with zero attached hydrogens (tertiary/aromatic N) is 1. The predicted molar refractivity (Wildman–Crippen MR) is 88.4 cm³/mol. The van der Waals surface area contributed by atoms with E-state index in [0.717, 1.165) is 6.42 Å². The number of sulfonamides is 1. The maximum atomic E-state index is 12.8. The number of aryl methyl sites for hydroxylation is 1. The van der Waals surface area contributed by atoms with Gasteiger partial charge in [0, 0.05) is 25.4 Å². The van der Waals surface area contributed by atoms with Gasteiger partial charge in [-0.1, -0.05) is 6.07 Å². The van der Waals surface area contributed by atoms with Crippen molar-refractivity contribution in [1.29, 1.82) is 0 Å². The normalized spacial score (nSPS) is 22.5. The van der Waals surface area contributed by atoms with Crippen molar-refractivity contribution >= 4 is 21.6 Å². The highest BCUT2D eigenvalue weighted by Crippen LogP contribution is 2.25. The number of amides is 1. The summed E-state index contributed by atoms with van der Waals surface area (Å²) in [6.07, 6.45) is 1.10. The molecule has 1 amide bonds. The van der Waals surface area contributed by atoms with Crippen molar-refractivity contribution < 1.29 is 22.7 Å². The molecular weight excluding hydrogens is 332 g/mol. The number of ether oxygens (including phenoxy) is 2. The van der Waals surface area contributed by atoms with Gasteiger partial charge in [-0.2, -0.15) is 4.31 Å². The highest BCUT2D eigenvalue weighted by molar-refractivity contribution is 7.89. The lowest BCUT2D eigenvalue weighted by Gasteiger charge is -2.27. The smallest absolute Gasteiger partial charge is 0.253 e. The molecule has 0 saturated carbocycles. The van der Waals surface area contributed by atoms with Crippen LogP contribution >= 0.6 is 0 Å². The SMILES string of the molecule is Cc1ccc(NC(=O)[C@H]2CCCO2)cc1S(=O)(=O)N1CCOCC1. The Labute approximate surface area is 142 Å². The summed E-state index contributed by atoms with van der Waals surface area (Å²) in [5.41, 5.74) is 1.12. The minimum absolute atomic E-state index is 0.217. The van der Waals surface area contributed by atoms with Crippen molar-refractivity contribution in [2.24, 2.45) is 0 Å². The van der Waals surface area contributed by atoms with E-state index in [1.165, 1.54) is 10.4 Å². The molecule has 0 aromatic heterocycles. The molecule has 2 heterocycles. The first-order valence-electron chi connectivity index (χ1n) is 8.09. The maximum Gasteiger partial charge on any atom is 0.253 e. The molecule has 0 radical (unpaired) electrons. The predicted octanol–water partition coefficient (Wildman–Crippen LogP) is 1.13. The number of carbonyl (C=O) groups is 1. The molecule has 1 aromatic rings. The third-order valence-corrected chi connectivity index (χ3v) is 6.31. The first kappa shape index (κ1) is 17.3. The van der Waals surface area contributed by atoms with Gasteiger partial charge in [-0.05, 0) is 37.5 Å². The average Bonchev–Trinajstić information content (AvgIpc) is 3.12. The van der Waals surface area contributed by atoms with E-state index in [2.05, 4.69) is 5.32 Å². The van der Waals surface area contributed by atoms with Crippen LogP contribution in [0, 0.1) is 6.92 Å². The van der Waals surface area contributed by atoms with Gasteiger partial charge >= 0.3 is 0 Å². The van der Waals surface area contributed by atoms with Crippen LogP contribution in [0.15, 0.2) is 23.1 Å². The van der Waals surface area contributed by atoms with Crippen molar-refractivity contribution in [1.82, 2.24) is 4.31 Å². The second-order valence-corrected chi connectivity index (χ2v) is 7.89. The molecule has 0 spiro atoms. The summed E-state index contributed by atoms with van der Waals surface area (Å²) in [6, 6.07) is 4.94. The fourth-order valence-corrected chi connectivity index (χ4v) is 4.55. The van der Waals surface area contributed by atoms with Crippen LogP contribution in [0.4, 0.5) is 5.69 Å². The molecule has 1 aromatic carbocycles. The molecule has 7 nitrogen and oxygen atoms in total. The van der Waals surface area contributed by atoms with Crippen molar-refractivity contribution in [3.8, 4) is 0 Å². The summed E-state index contributed by atoms with van der Waals surface area (Å²) in [4.78, 5) is 12.4. The molecule has 3 rings (SSSR count). The monoisotopic (exact) mass is 354 g/mol. The van der Waals surface area contributed by atoms with Crippen LogP contribution < -0.4 is 5.32 Å². The van der Waals surface area contributed by atoms with E-state index in [-0.39, 0.29) is 10.8 Å². The molecule has 2 aliphatic rings. The number of benzene rings is 1. The Kier molecular flexibility index (Phi) is 5.19. The van der Waals surface area contributed by atoms with E-state index < -0.39 is 16.1 Å². The number of nitrogens with one attached hydrogen (secondary N) is 1.